The number of carbonyl (C=O) groups excluding carboxylic acids is 13. The van der Waals surface area contributed by atoms with Crippen molar-refractivity contribution in [2.45, 2.75) is 359 Å². The third-order valence-electron chi connectivity index (χ3n) is 22.7. The number of unbranched alkanes of at least 4 members (excludes halogenated alkanes) is 23. The van der Waals surface area contributed by atoms with E-state index in [0.29, 0.717) is 161 Å². The Bertz CT molecular complexity index is 3320. The van der Waals surface area contributed by atoms with Gasteiger partial charge in [-0.3, -0.25) is 76.7 Å². The van der Waals surface area contributed by atoms with Crippen LogP contribution < -0.4 is 49.1 Å². The maximum Gasteiger partial charge on any atom is 0.326 e. The van der Waals surface area contributed by atoms with Gasteiger partial charge in [-0.2, -0.15) is 0 Å². The molecule has 0 fully saturated rings. The number of hydrogen-bond acceptors (Lipinski definition) is 28. The zero-order valence-corrected chi connectivity index (χ0v) is 81.7. The van der Waals surface area contributed by atoms with Gasteiger partial charge in [-0.15, -0.1) is 0 Å². The van der Waals surface area contributed by atoms with Crippen LogP contribution in [0.2, 0.25) is 0 Å². The minimum absolute atomic E-state index is 0. The van der Waals surface area contributed by atoms with E-state index in [2.05, 4.69) is 31.9 Å². The molecular formula is C97H175N9O29. The Morgan fingerprint density at radius 2 is 0.644 bits per heavy atom. The van der Waals surface area contributed by atoms with Gasteiger partial charge in [-0.25, -0.2) is 4.79 Å². The average molecular weight is 1930 g/mol. The van der Waals surface area contributed by atoms with Crippen molar-refractivity contribution in [3.63, 3.8) is 0 Å². The molecule has 0 aliphatic heterocycles. The lowest BCUT2D eigenvalue weighted by molar-refractivity contribution is -0.144. The lowest BCUT2D eigenvalue weighted by Gasteiger charge is -2.23. The van der Waals surface area contributed by atoms with E-state index in [9.17, 15) is 91.7 Å². The Labute approximate surface area is 803 Å². The van der Waals surface area contributed by atoms with Gasteiger partial charge in [0.2, 0.25) is 35.4 Å². The number of nitrogens with two attached hydrogens (primary N) is 3. The van der Waals surface area contributed by atoms with Gasteiger partial charge in [0.25, 0.3) is 0 Å². The van der Waals surface area contributed by atoms with E-state index in [-0.39, 0.29) is 268 Å². The highest BCUT2D eigenvalue weighted by Crippen LogP contribution is 2.25. The van der Waals surface area contributed by atoms with Crippen LogP contribution in [0.1, 0.15) is 338 Å². The van der Waals surface area contributed by atoms with E-state index >= 15 is 0 Å². The first kappa shape index (κ1) is 127. The maximum atomic E-state index is 13.8. The van der Waals surface area contributed by atoms with E-state index in [0.717, 1.165) is 103 Å². The summed E-state index contributed by atoms with van der Waals surface area (Å²) in [7, 11) is 0. The third kappa shape index (κ3) is 81.6. The summed E-state index contributed by atoms with van der Waals surface area (Å²) in [5, 5.41) is 53.0. The molecule has 782 valence electrons. The summed E-state index contributed by atoms with van der Waals surface area (Å²) in [5.74, 6) is -9.17. The van der Waals surface area contributed by atoms with Crippen molar-refractivity contribution < 1.29 is 143 Å². The van der Waals surface area contributed by atoms with E-state index in [4.69, 9.17) is 65.3 Å². The number of aliphatic carboxylic acids is 4. The fraction of sp³-hybridized carbons (Fsp3) is 0.825. The highest BCUT2D eigenvalue weighted by Gasteiger charge is 2.32. The molecule has 0 rings (SSSR count). The van der Waals surface area contributed by atoms with Crippen molar-refractivity contribution in [3.05, 3.63) is 0 Å². The molecule has 0 aromatic rings. The normalized spacial score (nSPS) is 12.8. The number of carboxylic acids is 4. The molecule has 0 saturated carbocycles. The number of Topliss-reactive ketones (excluding diaryl/α,β-unsaturated/α-hetero) is 7. The van der Waals surface area contributed by atoms with E-state index in [1.807, 2.05) is 0 Å². The van der Waals surface area contributed by atoms with Crippen molar-refractivity contribution in [1.82, 2.24) is 31.9 Å². The Morgan fingerprint density at radius 3 is 1.08 bits per heavy atom. The van der Waals surface area contributed by atoms with Crippen molar-refractivity contribution >= 4 is 99.8 Å². The minimum atomic E-state index is -1.19. The molecule has 0 aromatic carbocycles. The number of nitrogens with one attached hydrogen (secondary N) is 6. The Kier molecular flexibility index (Phi) is 81.2. The summed E-state index contributed by atoms with van der Waals surface area (Å²) in [6, 6.07) is -2.68. The van der Waals surface area contributed by atoms with Crippen LogP contribution in [-0.4, -0.2) is 282 Å². The first-order valence-corrected chi connectivity index (χ1v) is 49.8. The highest BCUT2D eigenvalue weighted by molar-refractivity contribution is 5.94. The van der Waals surface area contributed by atoms with Crippen molar-refractivity contribution in [1.29, 1.82) is 0 Å². The van der Waals surface area contributed by atoms with Crippen LogP contribution in [0.4, 0.5) is 0 Å². The number of carboxylic acid groups (broad SMARTS) is 4. The zero-order chi connectivity index (χ0) is 100. The molecule has 0 bridgehead atoms. The molecule has 135 heavy (non-hydrogen) atoms. The van der Waals surface area contributed by atoms with Gasteiger partial charge in [-0.1, -0.05) is 128 Å². The van der Waals surface area contributed by atoms with Gasteiger partial charge in [0.05, 0.1) is 89.6 Å². The topological polar surface area (TPSA) is 595 Å². The quantitative estimate of drug-likeness (QED) is 0.0252. The van der Waals surface area contributed by atoms with Gasteiger partial charge >= 0.3 is 23.9 Å². The fourth-order valence-electron chi connectivity index (χ4n) is 14.4. The second-order valence-electron chi connectivity index (χ2n) is 35.6. The van der Waals surface area contributed by atoms with Gasteiger partial charge in [0.1, 0.15) is 55.6 Å². The molecule has 0 aromatic heterocycles. The molecule has 6 atom stereocenters. The summed E-state index contributed by atoms with van der Waals surface area (Å²) in [6.45, 7) is 7.85. The van der Waals surface area contributed by atoms with Crippen molar-refractivity contribution in [2.75, 3.05) is 138 Å². The molecule has 0 radical (unpaired) electrons. The van der Waals surface area contributed by atoms with Crippen LogP contribution in [-0.2, 0) is 119 Å². The largest absolute Gasteiger partial charge is 0.481 e. The molecule has 6 amide bonds. The number of ether oxygens (including phenoxy) is 8. The predicted molar refractivity (Wildman–Crippen MR) is 510 cm³/mol. The maximum absolute atomic E-state index is 13.8. The molecule has 0 spiro atoms. The van der Waals surface area contributed by atoms with Crippen molar-refractivity contribution in [2.24, 2.45) is 35.0 Å². The summed E-state index contributed by atoms with van der Waals surface area (Å²) in [4.78, 5) is 209. The summed E-state index contributed by atoms with van der Waals surface area (Å²) in [5.41, 5.74) is 17.3. The van der Waals surface area contributed by atoms with Crippen LogP contribution in [0.25, 0.3) is 0 Å². The molecule has 0 aliphatic rings. The lowest BCUT2D eigenvalue weighted by Crippen LogP contribution is -2.43. The minimum Gasteiger partial charge on any atom is -0.481 e. The highest BCUT2D eigenvalue weighted by atomic mass is 16.5. The first-order valence-electron chi connectivity index (χ1n) is 49.8. The summed E-state index contributed by atoms with van der Waals surface area (Å²) < 4.78 is 43.5. The second-order valence-corrected chi connectivity index (χ2v) is 35.6. The van der Waals surface area contributed by atoms with Crippen LogP contribution in [0.5, 0.6) is 0 Å². The molecule has 0 heterocycles. The smallest absolute Gasteiger partial charge is 0.326 e. The van der Waals surface area contributed by atoms with Crippen LogP contribution in [0.3, 0.4) is 0 Å². The van der Waals surface area contributed by atoms with E-state index in [1.165, 1.54) is 6.92 Å². The monoisotopic (exact) mass is 1930 g/mol. The average Bonchev–Trinajstić information content (AvgIpc) is 0.865. The first-order chi connectivity index (χ1) is 64.7. The second kappa shape index (κ2) is 86.3. The summed E-state index contributed by atoms with van der Waals surface area (Å²) >= 11 is 0. The van der Waals surface area contributed by atoms with Gasteiger partial charge in [0, 0.05) is 138 Å². The number of carbonyl (C=O) groups is 17. The number of rotatable bonds is 101. The Hall–Kier alpha value is -8.05. The molecule has 0 aliphatic carbocycles. The van der Waals surface area contributed by atoms with Gasteiger partial charge in [-0.05, 0) is 130 Å². The van der Waals surface area contributed by atoms with Gasteiger partial charge < -0.3 is 107 Å². The van der Waals surface area contributed by atoms with Crippen LogP contribution in [0, 0.1) is 17.8 Å². The van der Waals surface area contributed by atoms with Crippen LogP contribution >= 0.6 is 0 Å². The lowest BCUT2D eigenvalue weighted by atomic mass is 9.82. The standard InChI is InChI=1S/C97H171N9O29.2H2/c1-74(107)75(35-27-30-51-104-94(123)83(99)42-29-32-50-101-89(116)72-134-65-60-129-56-34-40-81(111)71-133-64-61-130-57-53-102-87(114)49-46-77(95(124)125)67-79(109)37-21-16-12-8-4-6-10-14-18-25-44-91(118)119)68-85(112)76(69-86(113)97(2,3)100)36-28-31-52-105-93(122)82(98)41-23-20-22-38-80(110)70-132-63-62-131-58-54-103-90(117)73-135-66-59-128-55-33-39-78(108)47-48-84(96(126)127)106-88(115)43-24-17-13-9-5-7-11-15-19-26-45-92(120)121;;/h75-77,82-84H,4-73,98-100H2,1-3H3,(H,101,116)(H,102,114)(H,103,117)(H,104,123)(H,105,122)(H,106,115)(H,118,119)(H,120,121)(H,124,125)(H,126,127);2*1H/t75-,76-,77-,82+,83+,84+;;/m1../s1. The third-order valence-corrected chi connectivity index (χ3v) is 22.7. The fourth-order valence-corrected chi connectivity index (χ4v) is 14.4. The molecule has 0 saturated heterocycles. The Balaban J connectivity index is -0.0000898. The molecular weight excluding hydrogens is 1760 g/mol. The molecule has 38 nitrogen and oxygen atoms in total. The van der Waals surface area contributed by atoms with E-state index < -0.39 is 65.3 Å². The zero-order valence-electron chi connectivity index (χ0n) is 81.7. The number of amides is 6. The summed E-state index contributed by atoms with van der Waals surface area (Å²) in [6.07, 6.45) is 28.1. The SMILES string of the molecule is CC(=O)[C@H](CCCCNC(=O)[C@@H](N)CCCCNC(=O)COCCOCCCC(=O)COCCOCCNC(=O)CC[C@H](CC(=O)CCCCCCCCCCCCC(=O)O)C(=O)O)CC(=O)[C@H](CCCCNC(=O)[C@@H](N)CCCCCC(=O)COCCOCCNC(=O)COCCOCCCC(=O)CC[C@H](NC(=O)CCCCCCCCCCCCC(=O)O)C(=O)O)CC(=O)C(C)(C)N.[HH].[HH]. The van der Waals surface area contributed by atoms with Crippen molar-refractivity contribution in [3.8, 4) is 0 Å². The molecule has 38 heteroatoms. The molecule has 0 unspecified atom stereocenters. The van der Waals surface area contributed by atoms with Crippen LogP contribution in [0.15, 0.2) is 0 Å². The predicted octanol–water partition coefficient (Wildman–Crippen LogP) is 9.37. The molecule has 16 N–H and O–H groups in total. The number of hydrogen-bond donors (Lipinski definition) is 13. The van der Waals surface area contributed by atoms with Gasteiger partial charge in [0.15, 0.2) is 17.3 Å². The number of ketones is 7. The van der Waals surface area contributed by atoms with E-state index in [1.54, 1.807) is 13.8 Å². The Morgan fingerprint density at radius 1 is 0.289 bits per heavy atom.